The number of morpholine rings is 1. The van der Waals surface area contributed by atoms with E-state index >= 15 is 0 Å². The molecule has 2 unspecified atom stereocenters. The molecule has 2 saturated heterocycles. The maximum absolute atomic E-state index is 11.2. The second-order valence-electron chi connectivity index (χ2n) is 5.58. The molecule has 20 heavy (non-hydrogen) atoms. The van der Waals surface area contributed by atoms with E-state index in [2.05, 4.69) is 5.32 Å². The van der Waals surface area contributed by atoms with Crippen LogP contribution in [0.3, 0.4) is 0 Å². The molecule has 110 valence electrons. The van der Waals surface area contributed by atoms with E-state index in [0.29, 0.717) is 37.6 Å². The molecule has 0 saturated carbocycles. The smallest absolute Gasteiger partial charge is 0.128 e. The van der Waals surface area contributed by atoms with Crippen LogP contribution in [0.5, 0.6) is 11.5 Å². The molecule has 2 N–H and O–H groups in total. The lowest BCUT2D eigenvalue weighted by atomic mass is 9.77. The number of hydrogen-bond donors (Lipinski definition) is 2. The number of benzene rings is 1. The fourth-order valence-electron chi connectivity index (χ4n) is 3.43. The second kappa shape index (κ2) is 5.24. The molecule has 5 heteroatoms. The molecule has 0 amide bonds. The maximum atomic E-state index is 11.2. The molecule has 2 aliphatic rings. The van der Waals surface area contributed by atoms with Crippen molar-refractivity contribution in [1.29, 1.82) is 0 Å². The molecule has 0 aromatic heterocycles. The minimum Gasteiger partial charge on any atom is -0.496 e. The molecule has 2 heterocycles. The van der Waals surface area contributed by atoms with Crippen molar-refractivity contribution >= 4 is 0 Å². The van der Waals surface area contributed by atoms with Crippen LogP contribution < -0.4 is 14.8 Å². The van der Waals surface area contributed by atoms with Gasteiger partial charge in [-0.25, -0.2) is 0 Å². The average Bonchev–Trinajstić information content (AvgIpc) is 2.45. The Hall–Kier alpha value is -1.30. The van der Waals surface area contributed by atoms with Gasteiger partial charge in [-0.3, -0.25) is 0 Å². The molecule has 2 aliphatic heterocycles. The van der Waals surface area contributed by atoms with Gasteiger partial charge in [-0.2, -0.15) is 0 Å². The van der Waals surface area contributed by atoms with Crippen molar-refractivity contribution < 1.29 is 19.3 Å². The first-order valence-corrected chi connectivity index (χ1v) is 6.94. The maximum Gasteiger partial charge on any atom is 0.128 e. The Kier molecular flexibility index (Phi) is 3.58. The Morgan fingerprint density at radius 2 is 1.70 bits per heavy atom. The molecule has 2 bridgehead atoms. The number of fused-ring (bicyclic) bond motifs is 2. The summed E-state index contributed by atoms with van der Waals surface area (Å²) >= 11 is 0. The molecule has 3 rings (SSSR count). The zero-order valence-corrected chi connectivity index (χ0v) is 11.9. The van der Waals surface area contributed by atoms with Crippen molar-refractivity contribution in [2.24, 2.45) is 0 Å². The van der Waals surface area contributed by atoms with Gasteiger partial charge in [-0.15, -0.1) is 0 Å². The summed E-state index contributed by atoms with van der Waals surface area (Å²) in [6, 6.07) is 5.94. The van der Waals surface area contributed by atoms with E-state index in [9.17, 15) is 5.11 Å². The first-order chi connectivity index (χ1) is 9.66. The summed E-state index contributed by atoms with van der Waals surface area (Å²) in [4.78, 5) is 0. The number of ether oxygens (including phenoxy) is 3. The van der Waals surface area contributed by atoms with Crippen LogP contribution in [-0.4, -0.2) is 44.6 Å². The van der Waals surface area contributed by atoms with Crippen LogP contribution in [0.1, 0.15) is 18.4 Å². The second-order valence-corrected chi connectivity index (χ2v) is 5.58. The predicted octanol–water partition coefficient (Wildman–Crippen LogP) is 1.04. The highest BCUT2D eigenvalue weighted by Crippen LogP contribution is 2.45. The molecular formula is C15H21NO4. The highest BCUT2D eigenvalue weighted by molar-refractivity contribution is 5.49. The van der Waals surface area contributed by atoms with E-state index in [-0.39, 0.29) is 12.1 Å². The number of methoxy groups -OCH3 is 2. The van der Waals surface area contributed by atoms with Crippen LogP contribution in [0.25, 0.3) is 0 Å². The third-order valence-corrected chi connectivity index (χ3v) is 4.17. The number of nitrogens with one attached hydrogen (secondary N) is 1. The van der Waals surface area contributed by atoms with E-state index in [1.54, 1.807) is 14.2 Å². The van der Waals surface area contributed by atoms with Gasteiger partial charge in [0.15, 0.2) is 0 Å². The molecule has 2 fully saturated rings. The Morgan fingerprint density at radius 3 is 2.20 bits per heavy atom. The lowest BCUT2D eigenvalue weighted by molar-refractivity contribution is -0.0819. The molecular weight excluding hydrogens is 258 g/mol. The summed E-state index contributed by atoms with van der Waals surface area (Å²) in [5, 5.41) is 14.7. The Morgan fingerprint density at radius 1 is 1.15 bits per heavy atom. The molecule has 0 spiro atoms. The van der Waals surface area contributed by atoms with Crippen LogP contribution in [0.15, 0.2) is 18.2 Å². The third-order valence-electron chi connectivity index (χ3n) is 4.17. The van der Waals surface area contributed by atoms with E-state index in [1.165, 1.54) is 0 Å². The Bertz CT molecular complexity index is 457. The van der Waals surface area contributed by atoms with E-state index < -0.39 is 5.60 Å². The molecule has 0 aliphatic carbocycles. The lowest BCUT2D eigenvalue weighted by Gasteiger charge is -2.45. The zero-order chi connectivity index (χ0) is 14.2. The summed E-state index contributed by atoms with van der Waals surface area (Å²) in [7, 11) is 3.24. The molecule has 1 aromatic carbocycles. The Balaban J connectivity index is 2.02. The number of hydrogen-bond acceptors (Lipinski definition) is 5. The standard InChI is InChI=1S/C15H21NO4/c1-18-12-4-3-5-13(19-2)14(12)15(17)6-10-8-20-9-11(7-15)16-10/h3-5,10-11,16-17H,6-9H2,1-2H3. The van der Waals surface area contributed by atoms with Gasteiger partial charge in [-0.1, -0.05) is 6.07 Å². The summed E-state index contributed by atoms with van der Waals surface area (Å²) < 4.78 is 16.4. The topological polar surface area (TPSA) is 60.0 Å². The van der Waals surface area contributed by atoms with Crippen molar-refractivity contribution in [3.05, 3.63) is 23.8 Å². The molecule has 2 atom stereocenters. The van der Waals surface area contributed by atoms with E-state index in [0.717, 1.165) is 5.56 Å². The van der Waals surface area contributed by atoms with Gasteiger partial charge >= 0.3 is 0 Å². The first-order valence-electron chi connectivity index (χ1n) is 6.94. The fraction of sp³-hybridized carbons (Fsp3) is 0.600. The largest absolute Gasteiger partial charge is 0.496 e. The summed E-state index contributed by atoms with van der Waals surface area (Å²) in [5.74, 6) is 1.35. The van der Waals surface area contributed by atoms with E-state index in [4.69, 9.17) is 14.2 Å². The van der Waals surface area contributed by atoms with Crippen molar-refractivity contribution in [2.45, 2.75) is 30.5 Å². The van der Waals surface area contributed by atoms with Gasteiger partial charge in [-0.05, 0) is 25.0 Å². The Labute approximate surface area is 118 Å². The quantitative estimate of drug-likeness (QED) is 0.866. The highest BCUT2D eigenvalue weighted by Gasteiger charge is 2.45. The number of piperidine rings is 1. The fourth-order valence-corrected chi connectivity index (χ4v) is 3.43. The predicted molar refractivity (Wildman–Crippen MR) is 74.2 cm³/mol. The van der Waals surface area contributed by atoms with Crippen molar-refractivity contribution in [2.75, 3.05) is 27.4 Å². The summed E-state index contributed by atoms with van der Waals surface area (Å²) in [5.41, 5.74) is -0.189. The number of aliphatic hydroxyl groups is 1. The van der Waals surface area contributed by atoms with Crippen LogP contribution >= 0.6 is 0 Å². The molecule has 1 aromatic rings. The van der Waals surface area contributed by atoms with Gasteiger partial charge in [0.25, 0.3) is 0 Å². The average molecular weight is 279 g/mol. The van der Waals surface area contributed by atoms with Gasteiger partial charge < -0.3 is 24.6 Å². The van der Waals surface area contributed by atoms with Gasteiger partial charge in [0.2, 0.25) is 0 Å². The van der Waals surface area contributed by atoms with Crippen molar-refractivity contribution in [3.63, 3.8) is 0 Å². The van der Waals surface area contributed by atoms with Crippen LogP contribution in [-0.2, 0) is 10.3 Å². The van der Waals surface area contributed by atoms with Crippen molar-refractivity contribution in [1.82, 2.24) is 5.32 Å². The normalized spacial score (nSPS) is 32.8. The first kappa shape index (κ1) is 13.7. The minimum absolute atomic E-state index is 0.169. The number of rotatable bonds is 3. The lowest BCUT2D eigenvalue weighted by Crippen LogP contribution is -2.58. The SMILES string of the molecule is COc1cccc(OC)c1C1(O)CC2COCC(C1)N2. The van der Waals surface area contributed by atoms with Gasteiger partial charge in [0.05, 0.1) is 33.0 Å². The molecule has 0 radical (unpaired) electrons. The monoisotopic (exact) mass is 279 g/mol. The third kappa shape index (κ3) is 2.26. The summed E-state index contributed by atoms with van der Waals surface area (Å²) in [6.45, 7) is 1.27. The van der Waals surface area contributed by atoms with Crippen LogP contribution in [0, 0.1) is 0 Å². The summed E-state index contributed by atoms with van der Waals surface area (Å²) in [6.07, 6.45) is 1.19. The van der Waals surface area contributed by atoms with Crippen LogP contribution in [0.2, 0.25) is 0 Å². The van der Waals surface area contributed by atoms with E-state index in [1.807, 2.05) is 18.2 Å². The van der Waals surface area contributed by atoms with Crippen molar-refractivity contribution in [3.8, 4) is 11.5 Å². The highest BCUT2D eigenvalue weighted by atomic mass is 16.5. The molecule has 5 nitrogen and oxygen atoms in total. The van der Waals surface area contributed by atoms with Gasteiger partial charge in [0, 0.05) is 12.1 Å². The zero-order valence-electron chi connectivity index (χ0n) is 11.9. The van der Waals surface area contributed by atoms with Crippen LogP contribution in [0.4, 0.5) is 0 Å². The van der Waals surface area contributed by atoms with Gasteiger partial charge in [0.1, 0.15) is 17.1 Å². The minimum atomic E-state index is -0.942.